The third-order valence-corrected chi connectivity index (χ3v) is 4.77. The van der Waals surface area contributed by atoms with Gasteiger partial charge in [-0.2, -0.15) is 0 Å². The van der Waals surface area contributed by atoms with Crippen molar-refractivity contribution in [1.29, 1.82) is 0 Å². The lowest BCUT2D eigenvalue weighted by Gasteiger charge is -2.24. The number of carbonyl (C=O) groups excluding carboxylic acids is 2. The fourth-order valence-corrected chi connectivity index (χ4v) is 3.01. The molecule has 7 N–H and O–H groups in total. The molecule has 0 aromatic carbocycles. The Hall–Kier alpha value is -1.52. The summed E-state index contributed by atoms with van der Waals surface area (Å²) in [6.45, 7) is 4.23. The highest BCUT2D eigenvalue weighted by Gasteiger charge is 2.28. The molecule has 0 radical (unpaired) electrons. The van der Waals surface area contributed by atoms with Crippen molar-refractivity contribution in [1.82, 2.24) is 10.6 Å². The summed E-state index contributed by atoms with van der Waals surface area (Å²) in [7, 11) is -1.06. The van der Waals surface area contributed by atoms with E-state index in [-0.39, 0.29) is 24.5 Å². The van der Waals surface area contributed by atoms with Gasteiger partial charge in [-0.3, -0.25) is 13.8 Å². The average molecular weight is 407 g/mol. The molecule has 0 aliphatic rings. The molecule has 0 fully saturated rings. The number of nitrogens with one attached hydrogen (secondary N) is 2. The lowest BCUT2D eigenvalue weighted by Crippen LogP contribution is -2.55. The summed E-state index contributed by atoms with van der Waals surface area (Å²) in [5.41, 5.74) is 11.2. The smallest absolute Gasteiger partial charge is 0.326 e. The van der Waals surface area contributed by atoms with Crippen molar-refractivity contribution in [3.8, 4) is 0 Å². The first kappa shape index (κ1) is 25.5. The number of hydrogen-bond acceptors (Lipinski definition) is 6. The first-order valence-corrected chi connectivity index (χ1v) is 10.9. The molecule has 0 saturated heterocycles. The standard InChI is InChI=1S/C17H34N4O5S/c1-11(2)10-14(21-15(22)12(19)7-9-27(3)26)16(23)20-13(17(24)25)6-4-5-8-18/h11-14H,4-10,18-19H2,1-3H3,(H,20,23)(H,21,22)(H,24,25). The largest absolute Gasteiger partial charge is 0.480 e. The fraction of sp³-hybridized carbons (Fsp3) is 0.824. The Morgan fingerprint density at radius 3 is 2.11 bits per heavy atom. The zero-order valence-corrected chi connectivity index (χ0v) is 17.2. The number of aliphatic carboxylic acids is 1. The lowest BCUT2D eigenvalue weighted by atomic mass is 10.0. The maximum Gasteiger partial charge on any atom is 0.326 e. The van der Waals surface area contributed by atoms with E-state index in [1.54, 1.807) is 0 Å². The van der Waals surface area contributed by atoms with E-state index >= 15 is 0 Å². The second-order valence-corrected chi connectivity index (χ2v) is 8.60. The molecule has 0 spiro atoms. The Labute approximate surface area is 163 Å². The molecule has 0 aliphatic carbocycles. The molecule has 0 heterocycles. The molecule has 9 nitrogen and oxygen atoms in total. The zero-order chi connectivity index (χ0) is 21.0. The van der Waals surface area contributed by atoms with Gasteiger partial charge in [-0.05, 0) is 44.6 Å². The molecular weight excluding hydrogens is 372 g/mol. The van der Waals surface area contributed by atoms with E-state index in [2.05, 4.69) is 10.6 Å². The Bertz CT molecular complexity index is 516. The van der Waals surface area contributed by atoms with E-state index in [0.717, 1.165) is 0 Å². The third-order valence-electron chi connectivity index (χ3n) is 3.95. The molecule has 0 saturated carbocycles. The molecule has 2 amide bonds. The van der Waals surface area contributed by atoms with Gasteiger partial charge >= 0.3 is 5.97 Å². The van der Waals surface area contributed by atoms with Gasteiger partial charge in [0.05, 0.1) is 6.04 Å². The zero-order valence-electron chi connectivity index (χ0n) is 16.4. The number of carboxylic acid groups (broad SMARTS) is 1. The van der Waals surface area contributed by atoms with Gasteiger partial charge in [0.15, 0.2) is 0 Å². The van der Waals surface area contributed by atoms with Gasteiger partial charge in [-0.1, -0.05) is 13.8 Å². The minimum absolute atomic E-state index is 0.0981. The highest BCUT2D eigenvalue weighted by atomic mass is 32.2. The van der Waals surface area contributed by atoms with Crippen LogP contribution in [-0.2, 0) is 25.2 Å². The molecule has 158 valence electrons. The van der Waals surface area contributed by atoms with Gasteiger partial charge in [0.1, 0.15) is 12.1 Å². The molecular formula is C17H34N4O5S. The van der Waals surface area contributed by atoms with Gasteiger partial charge < -0.3 is 27.2 Å². The van der Waals surface area contributed by atoms with E-state index in [0.29, 0.717) is 25.8 Å². The first-order valence-electron chi connectivity index (χ1n) is 9.17. The maximum atomic E-state index is 12.5. The number of carbonyl (C=O) groups is 3. The van der Waals surface area contributed by atoms with Crippen LogP contribution >= 0.6 is 0 Å². The van der Waals surface area contributed by atoms with Crippen molar-refractivity contribution < 1.29 is 23.7 Å². The van der Waals surface area contributed by atoms with Crippen LogP contribution in [0.1, 0.15) is 46.0 Å². The number of carboxylic acids is 1. The van der Waals surface area contributed by atoms with E-state index in [1.807, 2.05) is 13.8 Å². The Morgan fingerprint density at radius 2 is 1.63 bits per heavy atom. The van der Waals surface area contributed by atoms with Crippen LogP contribution in [0.3, 0.4) is 0 Å². The molecule has 0 aromatic rings. The molecule has 4 atom stereocenters. The highest BCUT2D eigenvalue weighted by molar-refractivity contribution is 7.84. The molecule has 10 heteroatoms. The number of nitrogens with two attached hydrogens (primary N) is 2. The van der Waals surface area contributed by atoms with Gasteiger partial charge in [0, 0.05) is 22.8 Å². The SMILES string of the molecule is CC(C)CC(NC(=O)C(N)CCS(C)=O)C(=O)NC(CCCCN)C(=O)O. The number of hydrogen-bond donors (Lipinski definition) is 5. The molecule has 0 rings (SSSR count). The molecule has 0 bridgehead atoms. The van der Waals surface area contributed by atoms with Crippen molar-refractivity contribution in [3.63, 3.8) is 0 Å². The Balaban J connectivity index is 4.93. The second kappa shape index (κ2) is 13.6. The van der Waals surface area contributed by atoms with Crippen LogP contribution in [0.25, 0.3) is 0 Å². The quantitative estimate of drug-likeness (QED) is 0.238. The van der Waals surface area contributed by atoms with Crippen molar-refractivity contribution >= 4 is 28.6 Å². The van der Waals surface area contributed by atoms with Crippen LogP contribution in [0.2, 0.25) is 0 Å². The van der Waals surface area contributed by atoms with Gasteiger partial charge in [0.2, 0.25) is 11.8 Å². The maximum absolute atomic E-state index is 12.5. The number of amides is 2. The topological polar surface area (TPSA) is 165 Å². The van der Waals surface area contributed by atoms with Crippen LogP contribution < -0.4 is 22.1 Å². The van der Waals surface area contributed by atoms with E-state index in [1.165, 1.54) is 6.26 Å². The van der Waals surface area contributed by atoms with Crippen LogP contribution in [0.4, 0.5) is 0 Å². The summed E-state index contributed by atoms with van der Waals surface area (Å²) in [4.78, 5) is 36.2. The number of rotatable bonds is 14. The summed E-state index contributed by atoms with van der Waals surface area (Å²) < 4.78 is 11.1. The predicted molar refractivity (Wildman–Crippen MR) is 105 cm³/mol. The Morgan fingerprint density at radius 1 is 1.04 bits per heavy atom. The van der Waals surface area contributed by atoms with Crippen molar-refractivity contribution in [2.24, 2.45) is 17.4 Å². The Kier molecular flexibility index (Phi) is 12.9. The van der Waals surface area contributed by atoms with E-state index in [9.17, 15) is 23.7 Å². The van der Waals surface area contributed by atoms with Crippen LogP contribution in [0.5, 0.6) is 0 Å². The summed E-state index contributed by atoms with van der Waals surface area (Å²) in [6.07, 6.45) is 3.62. The molecule has 4 unspecified atom stereocenters. The first-order chi connectivity index (χ1) is 12.6. The minimum Gasteiger partial charge on any atom is -0.480 e. The van der Waals surface area contributed by atoms with Gasteiger partial charge in [-0.25, -0.2) is 4.79 Å². The van der Waals surface area contributed by atoms with E-state index < -0.39 is 46.7 Å². The van der Waals surface area contributed by atoms with Crippen LogP contribution in [-0.4, -0.2) is 63.8 Å². The number of unbranched alkanes of at least 4 members (excludes halogenated alkanes) is 1. The van der Waals surface area contributed by atoms with Crippen LogP contribution in [0, 0.1) is 5.92 Å². The molecule has 27 heavy (non-hydrogen) atoms. The van der Waals surface area contributed by atoms with Crippen molar-refractivity contribution in [3.05, 3.63) is 0 Å². The lowest BCUT2D eigenvalue weighted by molar-refractivity contribution is -0.142. The molecule has 0 aliphatic heterocycles. The summed E-state index contributed by atoms with van der Waals surface area (Å²) >= 11 is 0. The van der Waals surface area contributed by atoms with Crippen molar-refractivity contribution in [2.45, 2.75) is 64.1 Å². The average Bonchev–Trinajstić information content (AvgIpc) is 2.57. The summed E-state index contributed by atoms with van der Waals surface area (Å²) in [6, 6.07) is -2.80. The highest BCUT2D eigenvalue weighted by Crippen LogP contribution is 2.08. The summed E-state index contributed by atoms with van der Waals surface area (Å²) in [5.74, 6) is -1.81. The van der Waals surface area contributed by atoms with E-state index in [4.69, 9.17) is 11.5 Å². The van der Waals surface area contributed by atoms with Crippen molar-refractivity contribution in [2.75, 3.05) is 18.6 Å². The molecule has 0 aromatic heterocycles. The predicted octanol–water partition coefficient (Wildman–Crippen LogP) is -0.688. The van der Waals surface area contributed by atoms with Gasteiger partial charge in [0.25, 0.3) is 0 Å². The fourth-order valence-electron chi connectivity index (χ4n) is 2.43. The monoisotopic (exact) mass is 406 g/mol. The van der Waals surface area contributed by atoms with Gasteiger partial charge in [-0.15, -0.1) is 0 Å². The normalized spacial score (nSPS) is 15.6. The summed E-state index contributed by atoms with van der Waals surface area (Å²) in [5, 5.41) is 14.4. The van der Waals surface area contributed by atoms with Crippen LogP contribution in [0.15, 0.2) is 0 Å². The third kappa shape index (κ3) is 11.7. The minimum atomic E-state index is -1.13. The second-order valence-electron chi connectivity index (χ2n) is 7.05.